The Morgan fingerprint density at radius 1 is 1.05 bits per heavy atom. The first kappa shape index (κ1) is 26.5. The number of aromatic amines is 1. The van der Waals surface area contributed by atoms with E-state index >= 15 is 0 Å². The highest BCUT2D eigenvalue weighted by molar-refractivity contribution is 7.15. The summed E-state index contributed by atoms with van der Waals surface area (Å²) in [4.78, 5) is 20.3. The SMILES string of the molecule is CC(C(=O)O)c1c[nH]c2ccc(OCc3sc(-c4ccc(C(F)(F)F)cc4)nc3CCc3ccccc3)cc12. The van der Waals surface area contributed by atoms with Gasteiger partial charge < -0.3 is 14.8 Å². The van der Waals surface area contributed by atoms with Crippen LogP contribution >= 0.6 is 11.3 Å². The molecule has 0 radical (unpaired) electrons. The molecule has 0 fully saturated rings. The summed E-state index contributed by atoms with van der Waals surface area (Å²) < 4.78 is 45.2. The fourth-order valence-electron chi connectivity index (χ4n) is 4.38. The number of nitrogens with one attached hydrogen (secondary N) is 1. The summed E-state index contributed by atoms with van der Waals surface area (Å²) in [6, 6.07) is 20.5. The second-order valence-corrected chi connectivity index (χ2v) is 10.3. The third kappa shape index (κ3) is 5.98. The standard InChI is InChI=1S/C30H25F3N2O3S/c1-18(29(36)37)24-16-34-25-14-12-22(15-23(24)25)38-17-27-26(13-7-19-5-3-2-4-6-19)35-28(39-27)20-8-10-21(11-9-20)30(31,32)33/h2-6,8-12,14-16,18,34H,7,13,17H2,1H3,(H,36,37). The minimum atomic E-state index is -4.40. The Labute approximate surface area is 226 Å². The average Bonchev–Trinajstić information content (AvgIpc) is 3.54. The number of alkyl halides is 3. The van der Waals surface area contributed by atoms with Crippen LogP contribution in [0.15, 0.2) is 79.0 Å². The highest BCUT2D eigenvalue weighted by Crippen LogP contribution is 2.34. The van der Waals surface area contributed by atoms with Gasteiger partial charge in [-0.2, -0.15) is 13.2 Å². The monoisotopic (exact) mass is 550 g/mol. The number of aliphatic carboxylic acids is 1. The van der Waals surface area contributed by atoms with Crippen molar-refractivity contribution in [3.05, 3.63) is 106 Å². The number of benzene rings is 3. The second-order valence-electron chi connectivity index (χ2n) is 9.25. The van der Waals surface area contributed by atoms with Gasteiger partial charge in [-0.25, -0.2) is 4.98 Å². The van der Waals surface area contributed by atoms with Gasteiger partial charge in [0.2, 0.25) is 0 Å². The van der Waals surface area contributed by atoms with Crippen molar-refractivity contribution in [2.24, 2.45) is 0 Å². The zero-order valence-electron chi connectivity index (χ0n) is 21.0. The van der Waals surface area contributed by atoms with Crippen molar-refractivity contribution in [2.75, 3.05) is 0 Å². The number of H-pyrrole nitrogens is 1. The first-order chi connectivity index (χ1) is 18.7. The lowest BCUT2D eigenvalue weighted by Gasteiger charge is -2.08. The zero-order valence-corrected chi connectivity index (χ0v) is 21.8. The summed E-state index contributed by atoms with van der Waals surface area (Å²) >= 11 is 1.40. The molecule has 5 nitrogen and oxygen atoms in total. The number of aryl methyl sites for hydroxylation is 2. The molecule has 0 aliphatic heterocycles. The quantitative estimate of drug-likeness (QED) is 0.196. The Morgan fingerprint density at radius 2 is 1.79 bits per heavy atom. The van der Waals surface area contributed by atoms with Crippen LogP contribution in [0.5, 0.6) is 5.75 Å². The molecule has 0 saturated heterocycles. The van der Waals surface area contributed by atoms with Gasteiger partial charge in [-0.15, -0.1) is 11.3 Å². The van der Waals surface area contributed by atoms with Crippen molar-refractivity contribution in [2.45, 2.75) is 38.5 Å². The maximum Gasteiger partial charge on any atom is 0.416 e. The summed E-state index contributed by atoms with van der Waals surface area (Å²) in [7, 11) is 0. The number of halogens is 3. The maximum atomic E-state index is 13.0. The number of aromatic nitrogens is 2. The molecule has 2 aromatic heterocycles. The first-order valence-electron chi connectivity index (χ1n) is 12.4. The number of nitrogens with zero attached hydrogens (tertiary/aromatic N) is 1. The lowest BCUT2D eigenvalue weighted by molar-refractivity contribution is -0.138. The molecule has 2 heterocycles. The van der Waals surface area contributed by atoms with Gasteiger partial charge in [-0.3, -0.25) is 4.79 Å². The van der Waals surface area contributed by atoms with E-state index in [0.29, 0.717) is 28.3 Å². The average molecular weight is 551 g/mol. The number of thiazole rings is 1. The van der Waals surface area contributed by atoms with E-state index in [1.807, 2.05) is 48.5 Å². The second kappa shape index (κ2) is 10.9. The Morgan fingerprint density at radius 3 is 2.49 bits per heavy atom. The van der Waals surface area contributed by atoms with Crippen LogP contribution in [0.25, 0.3) is 21.5 Å². The molecule has 0 amide bonds. The molecular weight excluding hydrogens is 525 g/mol. The number of carboxylic acid groups (broad SMARTS) is 1. The normalized spacial score (nSPS) is 12.5. The minimum absolute atomic E-state index is 0.224. The van der Waals surface area contributed by atoms with Crippen LogP contribution in [0.2, 0.25) is 0 Å². The van der Waals surface area contributed by atoms with Gasteiger partial charge in [0.1, 0.15) is 17.4 Å². The smallest absolute Gasteiger partial charge is 0.416 e. The number of rotatable bonds is 9. The number of fused-ring (bicyclic) bond motifs is 1. The van der Waals surface area contributed by atoms with Gasteiger partial charge in [0, 0.05) is 22.7 Å². The van der Waals surface area contributed by atoms with Gasteiger partial charge in [0.25, 0.3) is 0 Å². The Balaban J connectivity index is 1.41. The minimum Gasteiger partial charge on any atom is -0.488 e. The van der Waals surface area contributed by atoms with Gasteiger partial charge in [-0.1, -0.05) is 42.5 Å². The van der Waals surface area contributed by atoms with E-state index in [-0.39, 0.29) is 6.61 Å². The van der Waals surface area contributed by atoms with Crippen LogP contribution < -0.4 is 4.74 Å². The summed E-state index contributed by atoms with van der Waals surface area (Å²) in [5.74, 6) is -1.00. The lowest BCUT2D eigenvalue weighted by Crippen LogP contribution is -2.06. The molecule has 5 rings (SSSR count). The van der Waals surface area contributed by atoms with E-state index < -0.39 is 23.6 Å². The van der Waals surface area contributed by atoms with E-state index in [1.54, 1.807) is 13.1 Å². The molecule has 39 heavy (non-hydrogen) atoms. The summed E-state index contributed by atoms with van der Waals surface area (Å²) in [6.07, 6.45) is -1.29. The van der Waals surface area contributed by atoms with Crippen molar-refractivity contribution < 1.29 is 27.8 Å². The van der Waals surface area contributed by atoms with Crippen molar-refractivity contribution in [3.63, 3.8) is 0 Å². The van der Waals surface area contributed by atoms with Gasteiger partial charge >= 0.3 is 12.1 Å². The van der Waals surface area contributed by atoms with E-state index in [2.05, 4.69) is 4.98 Å². The molecule has 1 atom stereocenters. The topological polar surface area (TPSA) is 75.2 Å². The third-order valence-electron chi connectivity index (χ3n) is 6.62. The molecule has 0 aliphatic carbocycles. The number of hydrogen-bond donors (Lipinski definition) is 2. The van der Waals surface area contributed by atoms with Gasteiger partial charge in [0.05, 0.1) is 22.1 Å². The van der Waals surface area contributed by atoms with Crippen LogP contribution in [0, 0.1) is 0 Å². The van der Waals surface area contributed by atoms with Crippen LogP contribution in [0.4, 0.5) is 13.2 Å². The maximum absolute atomic E-state index is 13.0. The van der Waals surface area contributed by atoms with Crippen LogP contribution in [0.1, 0.15) is 40.1 Å². The van der Waals surface area contributed by atoms with Crippen LogP contribution in [-0.4, -0.2) is 21.0 Å². The third-order valence-corrected chi connectivity index (χ3v) is 7.74. The largest absolute Gasteiger partial charge is 0.488 e. The Hall–Kier alpha value is -4.11. The lowest BCUT2D eigenvalue weighted by atomic mass is 10.0. The molecule has 3 aromatic carbocycles. The molecule has 200 valence electrons. The van der Waals surface area contributed by atoms with Crippen LogP contribution in [-0.2, 0) is 30.4 Å². The Bertz CT molecular complexity index is 1590. The molecule has 5 aromatic rings. The predicted molar refractivity (Wildman–Crippen MR) is 145 cm³/mol. The number of carboxylic acids is 1. The number of ether oxygens (including phenoxy) is 1. The predicted octanol–water partition coefficient (Wildman–Crippen LogP) is 7.86. The Kier molecular flexibility index (Phi) is 7.43. The molecule has 0 bridgehead atoms. The van der Waals surface area contributed by atoms with Crippen molar-refractivity contribution in [3.8, 4) is 16.3 Å². The van der Waals surface area contributed by atoms with Crippen LogP contribution in [0.3, 0.4) is 0 Å². The van der Waals surface area contributed by atoms with Crippen molar-refractivity contribution in [1.29, 1.82) is 0 Å². The highest BCUT2D eigenvalue weighted by atomic mass is 32.1. The summed E-state index contributed by atoms with van der Waals surface area (Å²) in [5, 5.41) is 10.9. The molecule has 0 saturated carbocycles. The van der Waals surface area contributed by atoms with E-state index in [9.17, 15) is 23.1 Å². The molecule has 0 spiro atoms. The summed E-state index contributed by atoms with van der Waals surface area (Å²) in [6.45, 7) is 1.86. The molecule has 9 heteroatoms. The zero-order chi connectivity index (χ0) is 27.6. The number of carbonyl (C=O) groups is 1. The summed E-state index contributed by atoms with van der Waals surface area (Å²) in [5.41, 5.74) is 3.40. The van der Waals surface area contributed by atoms with E-state index in [4.69, 9.17) is 9.72 Å². The molecular formula is C30H25F3N2O3S. The van der Waals surface area contributed by atoms with E-state index in [0.717, 1.165) is 45.6 Å². The molecule has 2 N–H and O–H groups in total. The van der Waals surface area contributed by atoms with Gasteiger partial charge in [0.15, 0.2) is 0 Å². The van der Waals surface area contributed by atoms with Gasteiger partial charge in [-0.05, 0) is 61.2 Å². The highest BCUT2D eigenvalue weighted by Gasteiger charge is 2.30. The fraction of sp³-hybridized carbons (Fsp3) is 0.200. The van der Waals surface area contributed by atoms with Crippen molar-refractivity contribution >= 4 is 28.2 Å². The molecule has 1 unspecified atom stereocenters. The van der Waals surface area contributed by atoms with Crippen molar-refractivity contribution in [1.82, 2.24) is 9.97 Å². The first-order valence-corrected chi connectivity index (χ1v) is 13.2. The molecule has 0 aliphatic rings. The number of hydrogen-bond acceptors (Lipinski definition) is 4. The fourth-order valence-corrected chi connectivity index (χ4v) is 5.40. The van der Waals surface area contributed by atoms with E-state index in [1.165, 1.54) is 23.5 Å².